The van der Waals surface area contributed by atoms with Gasteiger partial charge >= 0.3 is 5.69 Å². The van der Waals surface area contributed by atoms with Gasteiger partial charge in [-0.1, -0.05) is 0 Å². The minimum Gasteiger partial charge on any atom is -0.312 e. The molecular weight excluding hydrogens is 432 g/mol. The van der Waals surface area contributed by atoms with E-state index in [1.54, 1.807) is 0 Å². The van der Waals surface area contributed by atoms with Crippen molar-refractivity contribution in [2.45, 2.75) is 69.4 Å². The molecule has 2 spiro atoms. The van der Waals surface area contributed by atoms with Crippen molar-refractivity contribution in [2.24, 2.45) is 28.8 Å². The molecule has 176 valence electrons. The van der Waals surface area contributed by atoms with E-state index in [0.717, 1.165) is 49.3 Å². The smallest absolute Gasteiger partial charge is 0.301 e. The zero-order valence-electron chi connectivity index (χ0n) is 18.1. The van der Waals surface area contributed by atoms with Gasteiger partial charge in [0.05, 0.1) is 15.9 Å². The maximum atomic E-state index is 11.3. The third kappa shape index (κ3) is 3.41. The molecule has 1 aromatic rings. The first kappa shape index (κ1) is 20.9. The molecule has 11 nitrogen and oxygen atoms in total. The van der Waals surface area contributed by atoms with Crippen molar-refractivity contribution in [1.29, 1.82) is 0 Å². The molecule has 5 saturated carbocycles. The fourth-order valence-corrected chi connectivity index (χ4v) is 6.84. The summed E-state index contributed by atoms with van der Waals surface area (Å²) in [6, 6.07) is 3.45. The highest BCUT2D eigenvalue weighted by Gasteiger charge is 2.66. The van der Waals surface area contributed by atoms with Crippen LogP contribution in [0.5, 0.6) is 0 Å². The van der Waals surface area contributed by atoms with Crippen LogP contribution in [0.2, 0.25) is 0 Å². The topological polar surface area (TPSA) is 138 Å². The van der Waals surface area contributed by atoms with Crippen LogP contribution in [0.1, 0.15) is 57.8 Å². The van der Waals surface area contributed by atoms with Gasteiger partial charge in [-0.25, -0.2) is 0 Å². The second kappa shape index (κ2) is 7.44. The van der Waals surface area contributed by atoms with Gasteiger partial charge in [0.1, 0.15) is 5.69 Å². The Morgan fingerprint density at radius 1 is 0.939 bits per heavy atom. The highest BCUT2D eigenvalue weighted by molar-refractivity contribution is 5.86. The standard InChI is InChI=1S/C22H26N4O7/c27-25(28)18-1-2-19(20(12-18)26(29)30)24-23-17-3-5-21(6-4-17)31-22(33-32-21)15-8-13-7-14(10-15)11-16(22)9-13/h1-2,12-16,24H,3-11H2. The maximum Gasteiger partial charge on any atom is 0.301 e. The molecule has 1 heterocycles. The van der Waals surface area contributed by atoms with Gasteiger partial charge in [0.25, 0.3) is 5.69 Å². The van der Waals surface area contributed by atoms with Gasteiger partial charge in [-0.3, -0.25) is 25.7 Å². The van der Waals surface area contributed by atoms with Crippen molar-refractivity contribution in [3.05, 3.63) is 38.4 Å². The molecule has 1 N–H and O–H groups in total. The number of nitrogens with zero attached hydrogens (tertiary/aromatic N) is 3. The summed E-state index contributed by atoms with van der Waals surface area (Å²) in [5.41, 5.74) is 2.94. The molecule has 4 bridgehead atoms. The summed E-state index contributed by atoms with van der Waals surface area (Å²) in [6.07, 6.45) is 8.42. The van der Waals surface area contributed by atoms with Crippen LogP contribution >= 0.6 is 0 Å². The second-order valence-corrected chi connectivity index (χ2v) is 10.2. The number of hydrogen-bond acceptors (Lipinski definition) is 9. The van der Waals surface area contributed by atoms with Crippen molar-refractivity contribution in [3.8, 4) is 0 Å². The van der Waals surface area contributed by atoms with Crippen molar-refractivity contribution >= 4 is 22.8 Å². The van der Waals surface area contributed by atoms with Crippen LogP contribution in [0.3, 0.4) is 0 Å². The maximum absolute atomic E-state index is 11.3. The number of nitrogens with one attached hydrogen (secondary N) is 1. The number of anilines is 1. The van der Waals surface area contributed by atoms with E-state index in [1.165, 1.54) is 18.6 Å². The molecule has 0 unspecified atom stereocenters. The van der Waals surface area contributed by atoms with E-state index in [4.69, 9.17) is 14.5 Å². The van der Waals surface area contributed by atoms with Crippen LogP contribution in [-0.4, -0.2) is 27.1 Å². The molecule has 1 saturated heterocycles. The van der Waals surface area contributed by atoms with Crippen molar-refractivity contribution in [3.63, 3.8) is 0 Å². The summed E-state index contributed by atoms with van der Waals surface area (Å²) in [5, 5.41) is 26.6. The molecule has 0 radical (unpaired) electrons. The predicted molar refractivity (Wildman–Crippen MR) is 115 cm³/mol. The van der Waals surface area contributed by atoms with Gasteiger partial charge < -0.3 is 4.74 Å². The van der Waals surface area contributed by atoms with E-state index >= 15 is 0 Å². The minimum atomic E-state index is -0.756. The van der Waals surface area contributed by atoms with E-state index in [1.807, 2.05) is 0 Å². The largest absolute Gasteiger partial charge is 0.312 e. The number of ether oxygens (including phenoxy) is 1. The second-order valence-electron chi connectivity index (χ2n) is 10.2. The molecule has 6 fully saturated rings. The van der Waals surface area contributed by atoms with Crippen LogP contribution in [0.25, 0.3) is 0 Å². The number of nitro groups is 2. The fourth-order valence-electron chi connectivity index (χ4n) is 6.84. The first-order chi connectivity index (χ1) is 15.9. The lowest BCUT2D eigenvalue weighted by Gasteiger charge is -2.57. The van der Waals surface area contributed by atoms with Crippen molar-refractivity contribution in [1.82, 2.24) is 0 Å². The minimum absolute atomic E-state index is 0.114. The molecule has 0 aromatic heterocycles. The van der Waals surface area contributed by atoms with Crippen molar-refractivity contribution < 1.29 is 24.4 Å². The molecular formula is C22H26N4O7. The van der Waals surface area contributed by atoms with E-state index in [9.17, 15) is 20.2 Å². The SMILES string of the molecule is O=[N+]([O-])c1ccc(NN=C2CCC3(CC2)OOC2(O3)C3CC4CC(C3)CC2C4)c([N+](=O)[O-])c1. The van der Waals surface area contributed by atoms with Gasteiger partial charge in [-0.2, -0.15) is 14.9 Å². The molecule has 6 aliphatic rings. The summed E-state index contributed by atoms with van der Waals surface area (Å²) < 4.78 is 6.68. The lowest BCUT2D eigenvalue weighted by molar-refractivity contribution is -0.393. The Morgan fingerprint density at radius 2 is 1.61 bits per heavy atom. The van der Waals surface area contributed by atoms with Gasteiger partial charge in [-0.05, 0) is 62.8 Å². The summed E-state index contributed by atoms with van der Waals surface area (Å²) in [5.74, 6) is 1.08. The summed E-state index contributed by atoms with van der Waals surface area (Å²) in [6.45, 7) is 0. The summed E-state index contributed by atoms with van der Waals surface area (Å²) in [4.78, 5) is 32.9. The van der Waals surface area contributed by atoms with Gasteiger partial charge in [0, 0.05) is 36.5 Å². The van der Waals surface area contributed by atoms with Gasteiger partial charge in [0.2, 0.25) is 11.6 Å². The lowest BCUT2D eigenvalue weighted by atomic mass is 9.53. The average Bonchev–Trinajstić information content (AvgIpc) is 3.16. The Balaban J connectivity index is 1.12. The van der Waals surface area contributed by atoms with E-state index in [2.05, 4.69) is 10.5 Å². The van der Waals surface area contributed by atoms with Crippen LogP contribution < -0.4 is 5.43 Å². The quantitative estimate of drug-likeness (QED) is 0.390. The Kier molecular flexibility index (Phi) is 4.72. The molecule has 5 aliphatic carbocycles. The molecule has 11 heteroatoms. The third-order valence-corrected chi connectivity index (χ3v) is 8.26. The molecule has 1 aliphatic heterocycles. The molecule has 0 atom stereocenters. The Bertz CT molecular complexity index is 1000. The molecule has 33 heavy (non-hydrogen) atoms. The highest BCUT2D eigenvalue weighted by atomic mass is 17.3. The lowest BCUT2D eigenvalue weighted by Crippen LogP contribution is -2.59. The van der Waals surface area contributed by atoms with E-state index in [-0.39, 0.29) is 17.1 Å². The van der Waals surface area contributed by atoms with Gasteiger partial charge in [0.15, 0.2) is 0 Å². The first-order valence-corrected chi connectivity index (χ1v) is 11.7. The Hall–Kier alpha value is -2.63. The molecule has 0 amide bonds. The highest BCUT2D eigenvalue weighted by Crippen LogP contribution is 2.63. The number of rotatable bonds is 4. The third-order valence-electron chi connectivity index (χ3n) is 8.26. The molecule has 7 rings (SSSR count). The predicted octanol–water partition coefficient (Wildman–Crippen LogP) is 4.67. The number of hydrogen-bond donors (Lipinski definition) is 1. The van der Waals surface area contributed by atoms with E-state index in [0.29, 0.717) is 37.5 Å². The number of hydrazone groups is 1. The van der Waals surface area contributed by atoms with E-state index < -0.39 is 21.4 Å². The first-order valence-electron chi connectivity index (χ1n) is 11.7. The summed E-state index contributed by atoms with van der Waals surface area (Å²) >= 11 is 0. The van der Waals surface area contributed by atoms with Crippen LogP contribution in [0, 0.1) is 43.9 Å². The van der Waals surface area contributed by atoms with Crippen molar-refractivity contribution in [2.75, 3.05) is 5.43 Å². The number of non-ortho nitro benzene ring substituents is 1. The van der Waals surface area contributed by atoms with Crippen LogP contribution in [-0.2, 0) is 14.5 Å². The normalized spacial score (nSPS) is 38.7. The summed E-state index contributed by atoms with van der Waals surface area (Å²) in [7, 11) is 0. The molecule has 1 aromatic carbocycles. The number of nitro benzene ring substituents is 2. The zero-order valence-corrected chi connectivity index (χ0v) is 18.1. The fraction of sp³-hybridized carbons (Fsp3) is 0.682. The Labute approximate surface area is 189 Å². The average molecular weight is 458 g/mol. The number of benzene rings is 1. The van der Waals surface area contributed by atoms with Crippen LogP contribution in [0.4, 0.5) is 17.1 Å². The monoisotopic (exact) mass is 458 g/mol. The van der Waals surface area contributed by atoms with Gasteiger partial charge in [-0.15, -0.1) is 0 Å². The zero-order chi connectivity index (χ0) is 22.8. The Morgan fingerprint density at radius 3 is 2.21 bits per heavy atom. The van der Waals surface area contributed by atoms with Crippen LogP contribution in [0.15, 0.2) is 23.3 Å².